The van der Waals surface area contributed by atoms with E-state index in [0.29, 0.717) is 43.2 Å². The van der Waals surface area contributed by atoms with Crippen molar-refractivity contribution in [1.29, 1.82) is 0 Å². The normalized spacial score (nSPS) is 25.2. The molecular formula is C42H33Br2Cl2N3O8. The molecule has 4 aromatic rings. The van der Waals surface area contributed by atoms with Gasteiger partial charge in [-0.3, -0.25) is 34.3 Å². The fraction of sp³-hybridized carbons (Fsp3) is 0.262. The summed E-state index contributed by atoms with van der Waals surface area (Å²) in [6.07, 6.45) is 2.15. The highest BCUT2D eigenvalue weighted by atomic mass is 79.9. The molecular weight excluding hydrogens is 905 g/mol. The van der Waals surface area contributed by atoms with Crippen LogP contribution in [0.2, 0.25) is 10.0 Å². The van der Waals surface area contributed by atoms with Gasteiger partial charge >= 0.3 is 0 Å². The number of halogens is 4. The number of ketones is 1. The molecule has 57 heavy (non-hydrogen) atoms. The van der Waals surface area contributed by atoms with Crippen LogP contribution < -0.4 is 19.8 Å². The number of imide groups is 2. The molecule has 0 unspecified atom stereocenters. The minimum Gasteiger partial charge on any atom is -0.503 e. The van der Waals surface area contributed by atoms with Crippen LogP contribution in [0.4, 0.5) is 11.4 Å². The molecule has 0 radical (unpaired) electrons. The number of carbonyl (C=O) groups is 5. The number of allylic oxidation sites excluding steroid dienone is 2. The maximum atomic E-state index is 15.6. The molecule has 4 aliphatic rings. The molecule has 292 valence electrons. The van der Waals surface area contributed by atoms with E-state index in [1.807, 2.05) is 6.08 Å². The summed E-state index contributed by atoms with van der Waals surface area (Å²) < 4.78 is 11.8. The number of benzene rings is 4. The van der Waals surface area contributed by atoms with Crippen molar-refractivity contribution in [3.05, 3.63) is 120 Å². The molecule has 1 saturated carbocycles. The zero-order valence-corrected chi connectivity index (χ0v) is 35.2. The van der Waals surface area contributed by atoms with Gasteiger partial charge in [0.15, 0.2) is 17.3 Å². The number of nitrogens with one attached hydrogen (secondary N) is 1. The molecule has 4 aromatic carbocycles. The first-order valence-electron chi connectivity index (χ1n) is 17.9. The SMILES string of the molecule is COc1ccc([C@@]23C(=O)N(Nc4ccc(Cl)cc4Cl)C(=O)[C@@H]2C[C@@H]2C(=CC[C@@H]4C(=O)N(c5ccc(C(C)=O)cc5)C(=O)[C@@H]42)[C@@H]3c2cc(OC)c(O)c(Br)c2Br)cc1. The summed E-state index contributed by atoms with van der Waals surface area (Å²) in [6.45, 7) is 1.44. The first-order chi connectivity index (χ1) is 27.2. The predicted molar refractivity (Wildman–Crippen MR) is 220 cm³/mol. The Morgan fingerprint density at radius 2 is 1.58 bits per heavy atom. The molecule has 2 aliphatic heterocycles. The van der Waals surface area contributed by atoms with Crippen molar-refractivity contribution in [2.75, 3.05) is 24.5 Å². The van der Waals surface area contributed by atoms with Gasteiger partial charge in [0.25, 0.3) is 11.8 Å². The van der Waals surface area contributed by atoms with Gasteiger partial charge < -0.3 is 14.6 Å². The average Bonchev–Trinajstić information content (AvgIpc) is 3.58. The van der Waals surface area contributed by atoms with Crippen LogP contribution in [0.1, 0.15) is 47.2 Å². The van der Waals surface area contributed by atoms with Gasteiger partial charge in [-0.05, 0) is 129 Å². The maximum Gasteiger partial charge on any atom is 0.260 e. The lowest BCUT2D eigenvalue weighted by atomic mass is 9.49. The smallest absolute Gasteiger partial charge is 0.260 e. The highest BCUT2D eigenvalue weighted by molar-refractivity contribution is 9.13. The second kappa shape index (κ2) is 14.6. The third-order valence-corrected chi connectivity index (χ3v) is 14.5. The van der Waals surface area contributed by atoms with Crippen LogP contribution in [0.15, 0.2) is 93.4 Å². The van der Waals surface area contributed by atoms with E-state index in [0.717, 1.165) is 5.01 Å². The topological polar surface area (TPSA) is 143 Å². The Labute approximate surface area is 354 Å². The lowest BCUT2D eigenvalue weighted by Gasteiger charge is -2.51. The summed E-state index contributed by atoms with van der Waals surface area (Å²) in [6, 6.07) is 19.5. The summed E-state index contributed by atoms with van der Waals surface area (Å²) in [4.78, 5) is 72.7. The summed E-state index contributed by atoms with van der Waals surface area (Å²) in [5.74, 6) is -6.02. The van der Waals surface area contributed by atoms with E-state index in [9.17, 15) is 19.5 Å². The van der Waals surface area contributed by atoms with Crippen molar-refractivity contribution < 1.29 is 38.6 Å². The Bertz CT molecular complexity index is 2440. The van der Waals surface area contributed by atoms with Crippen LogP contribution in [0, 0.1) is 23.7 Å². The van der Waals surface area contributed by atoms with Gasteiger partial charge in [-0.25, -0.2) is 0 Å². The number of hydrazine groups is 1. The third-order valence-electron chi connectivity index (χ3n) is 11.8. The standard InChI is InChI=1S/C42H33Br2Cl2N3O8/c1-19(50)20-4-9-23(10-5-20)48-38(52)26-14-13-25-27(33(26)40(48)54)17-29-39(53)49(47-31-15-8-22(45)16-30(31)46)41(55)42(29,21-6-11-24(56-2)12-7-21)34(25)28-18-32(57-3)37(51)36(44)35(28)43/h4-13,15-16,18,26-27,29,33-34,47,51H,14,17H2,1-3H3/t26-,27+,29-,33-,34+,42+/m0/s1. The number of Topliss-reactive ketones (excluding diaryl/α,β-unsaturated/α-hetero) is 1. The number of rotatable bonds is 8. The Kier molecular flexibility index (Phi) is 10.0. The number of carbonyl (C=O) groups excluding carboxylic acids is 5. The van der Waals surface area contributed by atoms with E-state index in [-0.39, 0.29) is 51.2 Å². The highest BCUT2D eigenvalue weighted by Crippen LogP contribution is 2.66. The fourth-order valence-corrected chi connectivity index (χ4v) is 10.7. The predicted octanol–water partition coefficient (Wildman–Crippen LogP) is 8.63. The molecule has 2 saturated heterocycles. The molecule has 3 fully saturated rings. The second-order valence-corrected chi connectivity index (χ2v) is 16.9. The largest absolute Gasteiger partial charge is 0.503 e. The van der Waals surface area contributed by atoms with E-state index in [4.69, 9.17) is 32.7 Å². The summed E-state index contributed by atoms with van der Waals surface area (Å²) in [5.41, 5.74) is 4.05. The molecule has 2 N–H and O–H groups in total. The monoisotopic (exact) mass is 935 g/mol. The summed E-state index contributed by atoms with van der Waals surface area (Å²) in [5, 5.41) is 12.6. The van der Waals surface area contributed by atoms with Crippen LogP contribution in [0.3, 0.4) is 0 Å². The Morgan fingerprint density at radius 1 is 0.877 bits per heavy atom. The number of amides is 4. The number of hydrogen-bond donors (Lipinski definition) is 2. The number of phenols is 1. The van der Waals surface area contributed by atoms with Gasteiger partial charge in [0.2, 0.25) is 11.8 Å². The van der Waals surface area contributed by atoms with Gasteiger partial charge in [0, 0.05) is 21.0 Å². The van der Waals surface area contributed by atoms with Crippen LogP contribution in [0.5, 0.6) is 17.2 Å². The molecule has 15 heteroatoms. The van der Waals surface area contributed by atoms with Gasteiger partial charge in [-0.1, -0.05) is 47.0 Å². The van der Waals surface area contributed by atoms with Crippen molar-refractivity contribution in [3.8, 4) is 17.2 Å². The molecule has 11 nitrogen and oxygen atoms in total. The fourth-order valence-electron chi connectivity index (χ4n) is 9.27. The van der Waals surface area contributed by atoms with Crippen molar-refractivity contribution >= 4 is 95.8 Å². The van der Waals surface area contributed by atoms with Gasteiger partial charge in [-0.2, -0.15) is 5.01 Å². The Balaban J connectivity index is 1.35. The minimum atomic E-state index is -1.65. The van der Waals surface area contributed by atoms with Crippen molar-refractivity contribution in [2.45, 2.75) is 31.1 Å². The molecule has 8 rings (SSSR count). The number of hydrogen-bond acceptors (Lipinski definition) is 9. The average molecular weight is 938 g/mol. The molecule has 0 bridgehead atoms. The lowest BCUT2D eigenvalue weighted by molar-refractivity contribution is -0.138. The van der Waals surface area contributed by atoms with E-state index in [1.54, 1.807) is 66.7 Å². The maximum absolute atomic E-state index is 15.6. The molecule has 2 aliphatic carbocycles. The zero-order chi connectivity index (χ0) is 40.7. The molecule has 4 amide bonds. The number of ether oxygens (including phenoxy) is 2. The van der Waals surface area contributed by atoms with Gasteiger partial charge in [-0.15, -0.1) is 0 Å². The van der Waals surface area contributed by atoms with Crippen molar-refractivity contribution in [3.63, 3.8) is 0 Å². The summed E-state index contributed by atoms with van der Waals surface area (Å²) in [7, 11) is 2.93. The number of aromatic hydroxyl groups is 1. The number of fused-ring (bicyclic) bond motifs is 4. The van der Waals surface area contributed by atoms with Crippen LogP contribution in [-0.4, -0.2) is 53.7 Å². The highest BCUT2D eigenvalue weighted by Gasteiger charge is 2.70. The minimum absolute atomic E-state index is 0.0385. The molecule has 2 heterocycles. The van der Waals surface area contributed by atoms with E-state index in [1.165, 1.54) is 32.1 Å². The Morgan fingerprint density at radius 3 is 2.21 bits per heavy atom. The van der Waals surface area contributed by atoms with E-state index >= 15 is 9.59 Å². The van der Waals surface area contributed by atoms with Crippen LogP contribution >= 0.6 is 55.1 Å². The van der Waals surface area contributed by atoms with E-state index in [2.05, 4.69) is 37.3 Å². The van der Waals surface area contributed by atoms with Crippen molar-refractivity contribution in [2.24, 2.45) is 23.7 Å². The van der Waals surface area contributed by atoms with Gasteiger partial charge in [0.05, 0.1) is 58.3 Å². The number of phenolic OH excluding ortho intramolecular Hbond substituents is 1. The number of nitrogens with zero attached hydrogens (tertiary/aromatic N) is 2. The first kappa shape index (κ1) is 39.2. The second-order valence-electron chi connectivity index (χ2n) is 14.5. The van der Waals surface area contributed by atoms with E-state index < -0.39 is 52.7 Å². The first-order valence-corrected chi connectivity index (χ1v) is 20.3. The lowest BCUT2D eigenvalue weighted by Crippen LogP contribution is -2.53. The third kappa shape index (κ3) is 5.91. The van der Waals surface area contributed by atoms with Crippen LogP contribution in [-0.2, 0) is 24.6 Å². The molecule has 0 aromatic heterocycles. The number of anilines is 2. The quantitative estimate of drug-likeness (QED) is 0.101. The Hall–Kier alpha value is -4.69. The van der Waals surface area contributed by atoms with Gasteiger partial charge in [0.1, 0.15) is 5.75 Å². The van der Waals surface area contributed by atoms with Crippen LogP contribution in [0.25, 0.3) is 0 Å². The number of methoxy groups -OCH3 is 2. The molecule has 6 atom stereocenters. The van der Waals surface area contributed by atoms with Crippen molar-refractivity contribution in [1.82, 2.24) is 5.01 Å². The summed E-state index contributed by atoms with van der Waals surface area (Å²) >= 11 is 20.0. The zero-order valence-electron chi connectivity index (χ0n) is 30.5. The molecule has 0 spiro atoms.